The Labute approximate surface area is 85.6 Å². The van der Waals surface area contributed by atoms with Crippen molar-refractivity contribution in [2.75, 3.05) is 27.4 Å². The molecule has 0 heterocycles. The molecule has 0 aliphatic carbocycles. The lowest BCUT2D eigenvalue weighted by Gasteiger charge is -2.10. The van der Waals surface area contributed by atoms with Crippen LogP contribution in [0.5, 0.6) is 0 Å². The third-order valence-electron chi connectivity index (χ3n) is 1.41. The summed E-state index contributed by atoms with van der Waals surface area (Å²) >= 11 is 0. The highest BCUT2D eigenvalue weighted by atomic mass is 32.2. The second kappa shape index (κ2) is 5.47. The van der Waals surface area contributed by atoms with Gasteiger partial charge in [-0.05, 0) is 6.08 Å². The molecule has 0 rings (SSSR count). The molecule has 0 spiro atoms. The van der Waals surface area contributed by atoms with Crippen LogP contribution in [0, 0.1) is 0 Å². The lowest BCUT2D eigenvalue weighted by molar-refractivity contribution is -0.0429. The van der Waals surface area contributed by atoms with Crippen molar-refractivity contribution in [3.05, 3.63) is 11.0 Å². The standard InChI is InChI=1S/C7H11F3O4S/c1-13-4-3-6(5-14-2)15(11,12)7(8,9)10/h3H,4-5H2,1-2H3. The summed E-state index contributed by atoms with van der Waals surface area (Å²) in [6.07, 6.45) is 0.826. The zero-order valence-electron chi connectivity index (χ0n) is 8.17. The average Bonchev–Trinajstić information content (AvgIpc) is 2.10. The molecule has 0 saturated heterocycles. The summed E-state index contributed by atoms with van der Waals surface area (Å²) in [6, 6.07) is 0. The first-order chi connectivity index (χ1) is 6.77. The van der Waals surface area contributed by atoms with E-state index in [1.54, 1.807) is 0 Å². The number of halogens is 3. The quantitative estimate of drug-likeness (QED) is 0.731. The fourth-order valence-corrected chi connectivity index (χ4v) is 1.57. The molecule has 4 nitrogen and oxygen atoms in total. The highest BCUT2D eigenvalue weighted by molar-refractivity contribution is 7.96. The lowest BCUT2D eigenvalue weighted by atomic mass is 10.5. The molecule has 0 aromatic carbocycles. The Bertz CT molecular complexity index is 318. The van der Waals surface area contributed by atoms with Gasteiger partial charge in [0.2, 0.25) is 0 Å². The van der Waals surface area contributed by atoms with Gasteiger partial charge in [-0.1, -0.05) is 0 Å². The van der Waals surface area contributed by atoms with Crippen LogP contribution in [0.3, 0.4) is 0 Å². The molecule has 0 aliphatic heterocycles. The molecule has 0 atom stereocenters. The van der Waals surface area contributed by atoms with E-state index in [1.807, 2.05) is 0 Å². The van der Waals surface area contributed by atoms with Crippen molar-refractivity contribution < 1.29 is 31.1 Å². The molecule has 0 aromatic rings. The van der Waals surface area contributed by atoms with Gasteiger partial charge in [-0.3, -0.25) is 0 Å². The van der Waals surface area contributed by atoms with Crippen LogP contribution in [0.25, 0.3) is 0 Å². The van der Waals surface area contributed by atoms with Gasteiger partial charge in [0.05, 0.1) is 18.1 Å². The second-order valence-electron chi connectivity index (χ2n) is 2.51. The normalized spacial score (nSPS) is 14.3. The molecule has 0 saturated carbocycles. The van der Waals surface area contributed by atoms with Crippen LogP contribution in [0.4, 0.5) is 13.2 Å². The van der Waals surface area contributed by atoms with Gasteiger partial charge in [0.1, 0.15) is 0 Å². The SMILES string of the molecule is COCC=C(COC)S(=O)(=O)C(F)(F)F. The molecule has 0 aromatic heterocycles. The van der Waals surface area contributed by atoms with Gasteiger partial charge in [0, 0.05) is 14.2 Å². The van der Waals surface area contributed by atoms with Gasteiger partial charge in [0.15, 0.2) is 0 Å². The van der Waals surface area contributed by atoms with Gasteiger partial charge in [-0.15, -0.1) is 0 Å². The van der Waals surface area contributed by atoms with Crippen molar-refractivity contribution >= 4 is 9.84 Å². The van der Waals surface area contributed by atoms with E-state index in [1.165, 1.54) is 7.11 Å². The molecule has 0 aliphatic rings. The molecule has 0 radical (unpaired) electrons. The Morgan fingerprint density at radius 3 is 2.13 bits per heavy atom. The van der Waals surface area contributed by atoms with E-state index in [4.69, 9.17) is 0 Å². The zero-order chi connectivity index (χ0) is 12.1. The van der Waals surface area contributed by atoms with Crippen molar-refractivity contribution in [2.45, 2.75) is 5.51 Å². The number of methoxy groups -OCH3 is 2. The van der Waals surface area contributed by atoms with Crippen LogP contribution in [0.15, 0.2) is 11.0 Å². The van der Waals surface area contributed by atoms with Crippen LogP contribution >= 0.6 is 0 Å². The Kier molecular flexibility index (Phi) is 5.26. The third-order valence-corrected chi connectivity index (χ3v) is 3.00. The van der Waals surface area contributed by atoms with Crippen molar-refractivity contribution in [3.8, 4) is 0 Å². The minimum atomic E-state index is -5.32. The molecular weight excluding hydrogens is 237 g/mol. The number of sulfone groups is 1. The highest BCUT2D eigenvalue weighted by Crippen LogP contribution is 2.29. The molecule has 0 fully saturated rings. The molecule has 90 valence electrons. The topological polar surface area (TPSA) is 52.6 Å². The Balaban J connectivity index is 5.09. The number of rotatable bonds is 5. The number of ether oxygens (including phenoxy) is 2. The monoisotopic (exact) mass is 248 g/mol. The first-order valence-electron chi connectivity index (χ1n) is 3.75. The van der Waals surface area contributed by atoms with E-state index in [2.05, 4.69) is 9.47 Å². The van der Waals surface area contributed by atoms with Crippen LogP contribution < -0.4 is 0 Å². The molecule has 0 unspecified atom stereocenters. The van der Waals surface area contributed by atoms with Gasteiger partial charge >= 0.3 is 5.51 Å². The molecule has 0 bridgehead atoms. The van der Waals surface area contributed by atoms with Crippen molar-refractivity contribution in [2.24, 2.45) is 0 Å². The molecule has 0 N–H and O–H groups in total. The van der Waals surface area contributed by atoms with E-state index in [0.717, 1.165) is 13.2 Å². The largest absolute Gasteiger partial charge is 0.501 e. The average molecular weight is 248 g/mol. The van der Waals surface area contributed by atoms with Gasteiger partial charge in [0.25, 0.3) is 9.84 Å². The summed E-state index contributed by atoms with van der Waals surface area (Å²) in [5.74, 6) is 0. The summed E-state index contributed by atoms with van der Waals surface area (Å²) in [7, 11) is -2.98. The lowest BCUT2D eigenvalue weighted by Crippen LogP contribution is -2.26. The van der Waals surface area contributed by atoms with Crippen molar-refractivity contribution in [3.63, 3.8) is 0 Å². The Morgan fingerprint density at radius 2 is 1.80 bits per heavy atom. The van der Waals surface area contributed by atoms with E-state index in [0.29, 0.717) is 0 Å². The van der Waals surface area contributed by atoms with Gasteiger partial charge in [-0.25, -0.2) is 8.42 Å². The number of hydrogen-bond donors (Lipinski definition) is 0. The highest BCUT2D eigenvalue weighted by Gasteiger charge is 2.47. The summed E-state index contributed by atoms with van der Waals surface area (Å²) in [4.78, 5) is -0.848. The van der Waals surface area contributed by atoms with Crippen molar-refractivity contribution in [1.82, 2.24) is 0 Å². The summed E-state index contributed by atoms with van der Waals surface area (Å²) in [5, 5.41) is 0. The summed E-state index contributed by atoms with van der Waals surface area (Å²) in [6.45, 7) is -0.862. The van der Waals surface area contributed by atoms with E-state index >= 15 is 0 Å². The van der Waals surface area contributed by atoms with Crippen molar-refractivity contribution in [1.29, 1.82) is 0 Å². The molecule has 15 heavy (non-hydrogen) atoms. The minimum absolute atomic E-state index is 0.228. The van der Waals surface area contributed by atoms with Gasteiger partial charge in [-0.2, -0.15) is 13.2 Å². The maximum Gasteiger partial charge on any atom is 0.501 e. The fraction of sp³-hybridized carbons (Fsp3) is 0.714. The fourth-order valence-electron chi connectivity index (χ4n) is 0.713. The predicted octanol–water partition coefficient (Wildman–Crippen LogP) is 1.10. The van der Waals surface area contributed by atoms with Crippen LogP contribution in [-0.4, -0.2) is 41.4 Å². The van der Waals surface area contributed by atoms with Gasteiger partial charge < -0.3 is 9.47 Å². The zero-order valence-corrected chi connectivity index (χ0v) is 8.98. The Morgan fingerprint density at radius 1 is 1.27 bits per heavy atom. The van der Waals surface area contributed by atoms with Crippen LogP contribution in [-0.2, 0) is 19.3 Å². The van der Waals surface area contributed by atoms with E-state index in [-0.39, 0.29) is 6.61 Å². The molecule has 8 heteroatoms. The van der Waals surface area contributed by atoms with E-state index < -0.39 is 26.9 Å². The summed E-state index contributed by atoms with van der Waals surface area (Å²) in [5.41, 5.74) is -5.31. The second-order valence-corrected chi connectivity index (χ2v) is 4.50. The maximum absolute atomic E-state index is 12.1. The first-order valence-corrected chi connectivity index (χ1v) is 5.24. The number of hydrogen-bond acceptors (Lipinski definition) is 4. The predicted molar refractivity (Wildman–Crippen MR) is 46.8 cm³/mol. The summed E-state index contributed by atoms with van der Waals surface area (Å²) < 4.78 is 67.0. The van der Waals surface area contributed by atoms with Crippen LogP contribution in [0.1, 0.15) is 0 Å². The molecule has 0 amide bonds. The Hall–Kier alpha value is -0.600. The third kappa shape index (κ3) is 3.80. The van der Waals surface area contributed by atoms with E-state index in [9.17, 15) is 21.6 Å². The maximum atomic E-state index is 12.1. The number of alkyl halides is 3. The molecular formula is C7H11F3O4S. The van der Waals surface area contributed by atoms with Crippen LogP contribution in [0.2, 0.25) is 0 Å². The minimum Gasteiger partial charge on any atom is -0.381 e. The smallest absolute Gasteiger partial charge is 0.381 e. The first kappa shape index (κ1) is 14.4.